The Bertz CT molecular complexity index is 1260. The molecule has 4 rings (SSSR count). The lowest BCUT2D eigenvalue weighted by atomic mass is 10.0. The molecule has 0 unspecified atom stereocenters. The Hall–Kier alpha value is -3.97. The average molecular weight is 458 g/mol. The highest BCUT2D eigenvalue weighted by atomic mass is 16.5. The van der Waals surface area contributed by atoms with E-state index in [0.29, 0.717) is 36.5 Å². The molecule has 3 aromatic rings. The van der Waals surface area contributed by atoms with Crippen molar-refractivity contribution in [2.45, 2.75) is 20.3 Å². The number of amides is 3. The van der Waals surface area contributed by atoms with Crippen LogP contribution in [0.1, 0.15) is 25.8 Å². The number of rotatable bonds is 9. The summed E-state index contributed by atoms with van der Waals surface area (Å²) in [5.74, 6) is -0.898. The fourth-order valence-corrected chi connectivity index (χ4v) is 4.02. The van der Waals surface area contributed by atoms with Crippen LogP contribution in [-0.2, 0) is 19.1 Å². The number of carbonyl (C=O) groups is 3. The molecule has 0 aromatic heterocycles. The summed E-state index contributed by atoms with van der Waals surface area (Å²) in [6, 6.07) is 20.6. The summed E-state index contributed by atoms with van der Waals surface area (Å²) in [5, 5.41) is 7.95. The summed E-state index contributed by atoms with van der Waals surface area (Å²) in [6.45, 7) is 4.66. The predicted octanol–water partition coefficient (Wildman–Crippen LogP) is 4.42. The number of ether oxygens (including phenoxy) is 1. The highest BCUT2D eigenvalue weighted by Crippen LogP contribution is 2.33. The Balaban J connectivity index is 1.72. The molecule has 2 N–H and O–H groups in total. The first-order chi connectivity index (χ1) is 16.5. The summed E-state index contributed by atoms with van der Waals surface area (Å²) >= 11 is 0. The number of hydrogen-bond acceptors (Lipinski definition) is 5. The van der Waals surface area contributed by atoms with E-state index in [0.717, 1.165) is 16.5 Å². The molecule has 0 saturated heterocycles. The van der Waals surface area contributed by atoms with Gasteiger partial charge in [-0.25, -0.2) is 0 Å². The molecule has 3 aromatic carbocycles. The number of hydrogen-bond donors (Lipinski definition) is 2. The second kappa shape index (κ2) is 10.3. The summed E-state index contributed by atoms with van der Waals surface area (Å²) in [5.41, 5.74) is 2.51. The van der Waals surface area contributed by atoms with E-state index in [2.05, 4.69) is 10.6 Å². The Morgan fingerprint density at radius 1 is 0.941 bits per heavy atom. The van der Waals surface area contributed by atoms with Gasteiger partial charge in [0.2, 0.25) is 5.91 Å². The van der Waals surface area contributed by atoms with Gasteiger partial charge in [0.1, 0.15) is 5.70 Å². The second-order valence-corrected chi connectivity index (χ2v) is 7.97. The van der Waals surface area contributed by atoms with Crippen LogP contribution >= 0.6 is 0 Å². The second-order valence-electron chi connectivity index (χ2n) is 7.97. The van der Waals surface area contributed by atoms with E-state index in [1.165, 1.54) is 11.8 Å². The largest absolute Gasteiger partial charge is 0.382 e. The zero-order valence-electron chi connectivity index (χ0n) is 19.3. The van der Waals surface area contributed by atoms with Gasteiger partial charge >= 0.3 is 0 Å². The van der Waals surface area contributed by atoms with Gasteiger partial charge in [0.15, 0.2) is 0 Å². The van der Waals surface area contributed by atoms with Crippen LogP contribution in [0.15, 0.2) is 72.4 Å². The van der Waals surface area contributed by atoms with Crippen molar-refractivity contribution in [2.24, 2.45) is 0 Å². The third-order valence-corrected chi connectivity index (χ3v) is 5.59. The van der Waals surface area contributed by atoms with Crippen LogP contribution in [0.3, 0.4) is 0 Å². The minimum atomic E-state index is -0.365. The molecule has 1 heterocycles. The number of imide groups is 1. The Morgan fingerprint density at radius 2 is 1.68 bits per heavy atom. The number of benzene rings is 3. The highest BCUT2D eigenvalue weighted by Gasteiger charge is 2.39. The molecule has 3 amide bonds. The molecular formula is C27H27N3O4. The first-order valence-corrected chi connectivity index (χ1v) is 11.3. The molecule has 0 aliphatic carbocycles. The van der Waals surface area contributed by atoms with Gasteiger partial charge in [0, 0.05) is 43.4 Å². The number of nitrogens with zero attached hydrogens (tertiary/aromatic N) is 1. The van der Waals surface area contributed by atoms with Gasteiger partial charge in [-0.1, -0.05) is 48.5 Å². The zero-order valence-corrected chi connectivity index (χ0v) is 19.3. The maximum Gasteiger partial charge on any atom is 0.278 e. The van der Waals surface area contributed by atoms with Crippen molar-refractivity contribution in [1.82, 2.24) is 4.90 Å². The van der Waals surface area contributed by atoms with Crippen LogP contribution in [0.5, 0.6) is 0 Å². The van der Waals surface area contributed by atoms with E-state index < -0.39 is 0 Å². The Labute approximate surface area is 198 Å². The van der Waals surface area contributed by atoms with Crippen molar-refractivity contribution >= 4 is 45.4 Å². The molecule has 1 aliphatic heterocycles. The van der Waals surface area contributed by atoms with E-state index in [1.807, 2.05) is 49.4 Å². The number of nitrogens with one attached hydrogen (secondary N) is 2. The van der Waals surface area contributed by atoms with Gasteiger partial charge in [-0.15, -0.1) is 0 Å². The van der Waals surface area contributed by atoms with Crippen LogP contribution < -0.4 is 10.6 Å². The van der Waals surface area contributed by atoms with Crippen molar-refractivity contribution < 1.29 is 19.1 Å². The highest BCUT2D eigenvalue weighted by molar-refractivity contribution is 6.36. The monoisotopic (exact) mass is 457 g/mol. The van der Waals surface area contributed by atoms with Gasteiger partial charge < -0.3 is 15.4 Å². The Kier molecular flexibility index (Phi) is 7.04. The lowest BCUT2D eigenvalue weighted by Crippen LogP contribution is -2.34. The first-order valence-electron chi connectivity index (χ1n) is 11.3. The van der Waals surface area contributed by atoms with Crippen LogP contribution in [0, 0.1) is 0 Å². The molecule has 174 valence electrons. The number of carbonyl (C=O) groups excluding carboxylic acids is 3. The SMILES string of the molecule is CCOCCCN1C(=O)C(Nc2cccc3ccccc23)=C(c2ccc(NC(C)=O)cc2)C1=O. The molecule has 0 saturated carbocycles. The van der Waals surface area contributed by atoms with Crippen LogP contribution in [0.4, 0.5) is 11.4 Å². The quantitative estimate of drug-likeness (QED) is 0.367. The molecule has 0 bridgehead atoms. The smallest absolute Gasteiger partial charge is 0.278 e. The van der Waals surface area contributed by atoms with Crippen molar-refractivity contribution in [3.63, 3.8) is 0 Å². The van der Waals surface area contributed by atoms with E-state index in [-0.39, 0.29) is 30.0 Å². The van der Waals surface area contributed by atoms with E-state index in [1.54, 1.807) is 24.3 Å². The lowest BCUT2D eigenvalue weighted by Gasteiger charge is -2.15. The molecular weight excluding hydrogens is 430 g/mol. The van der Waals surface area contributed by atoms with E-state index >= 15 is 0 Å². The average Bonchev–Trinajstić information content (AvgIpc) is 3.06. The third-order valence-electron chi connectivity index (χ3n) is 5.59. The molecule has 0 atom stereocenters. The summed E-state index contributed by atoms with van der Waals surface area (Å²) < 4.78 is 5.38. The minimum Gasteiger partial charge on any atom is -0.382 e. The van der Waals surface area contributed by atoms with Crippen molar-refractivity contribution in [3.8, 4) is 0 Å². The maximum absolute atomic E-state index is 13.4. The molecule has 7 heteroatoms. The van der Waals surface area contributed by atoms with Crippen LogP contribution in [0.25, 0.3) is 16.3 Å². The molecule has 0 fully saturated rings. The summed E-state index contributed by atoms with van der Waals surface area (Å²) in [7, 11) is 0. The zero-order chi connectivity index (χ0) is 24.1. The van der Waals surface area contributed by atoms with Gasteiger partial charge in [0.05, 0.1) is 5.57 Å². The van der Waals surface area contributed by atoms with Crippen LogP contribution in [-0.4, -0.2) is 42.4 Å². The maximum atomic E-state index is 13.4. The predicted molar refractivity (Wildman–Crippen MR) is 133 cm³/mol. The summed E-state index contributed by atoms with van der Waals surface area (Å²) in [4.78, 5) is 39.4. The van der Waals surface area contributed by atoms with E-state index in [4.69, 9.17) is 4.74 Å². The van der Waals surface area contributed by atoms with Gasteiger partial charge in [-0.2, -0.15) is 0 Å². The lowest BCUT2D eigenvalue weighted by molar-refractivity contribution is -0.137. The number of anilines is 2. The molecule has 1 aliphatic rings. The van der Waals surface area contributed by atoms with Crippen molar-refractivity contribution in [3.05, 3.63) is 78.0 Å². The number of fused-ring (bicyclic) bond motifs is 1. The molecule has 34 heavy (non-hydrogen) atoms. The normalized spacial score (nSPS) is 13.6. The first kappa shape index (κ1) is 23.2. The van der Waals surface area contributed by atoms with Crippen LogP contribution in [0.2, 0.25) is 0 Å². The van der Waals surface area contributed by atoms with E-state index in [9.17, 15) is 14.4 Å². The standard InChI is InChI=1S/C27H27N3O4/c1-3-34-17-7-16-30-26(32)24(20-12-14-21(15-13-20)28-18(2)31)25(27(30)33)29-23-11-6-9-19-8-4-5-10-22(19)23/h4-6,8-15,29H,3,7,16-17H2,1-2H3,(H,28,31). The fourth-order valence-electron chi connectivity index (χ4n) is 4.02. The van der Waals surface area contributed by atoms with Crippen molar-refractivity contribution in [1.29, 1.82) is 0 Å². The van der Waals surface area contributed by atoms with Gasteiger partial charge in [-0.05, 0) is 42.5 Å². The topological polar surface area (TPSA) is 87.7 Å². The third kappa shape index (κ3) is 4.84. The minimum absolute atomic E-state index is 0.183. The fraction of sp³-hybridized carbons (Fsp3) is 0.222. The molecule has 7 nitrogen and oxygen atoms in total. The molecule has 0 radical (unpaired) electrons. The van der Waals surface area contributed by atoms with Crippen molar-refractivity contribution in [2.75, 3.05) is 30.4 Å². The van der Waals surface area contributed by atoms with Gasteiger partial charge in [0.25, 0.3) is 11.8 Å². The molecule has 0 spiro atoms. The Morgan fingerprint density at radius 3 is 2.41 bits per heavy atom. The van der Waals surface area contributed by atoms with Gasteiger partial charge in [-0.3, -0.25) is 19.3 Å². The summed E-state index contributed by atoms with van der Waals surface area (Å²) in [6.07, 6.45) is 0.557.